The molecule has 23 heavy (non-hydrogen) atoms. The van der Waals surface area contributed by atoms with E-state index in [1.807, 2.05) is 24.3 Å². The summed E-state index contributed by atoms with van der Waals surface area (Å²) in [6, 6.07) is 17.5. The zero-order valence-corrected chi connectivity index (χ0v) is 12.8. The van der Waals surface area contributed by atoms with Crippen molar-refractivity contribution in [3.63, 3.8) is 0 Å². The maximum Gasteiger partial charge on any atom is 0.258 e. The van der Waals surface area contributed by atoms with Gasteiger partial charge < -0.3 is 10.4 Å². The van der Waals surface area contributed by atoms with E-state index in [4.69, 9.17) is 11.6 Å². The number of benzene rings is 2. The van der Waals surface area contributed by atoms with Gasteiger partial charge in [0.15, 0.2) is 0 Å². The Morgan fingerprint density at radius 3 is 2.48 bits per heavy atom. The van der Waals surface area contributed by atoms with E-state index >= 15 is 0 Å². The number of aromatic hydroxyl groups is 1. The third-order valence-corrected chi connectivity index (χ3v) is 3.66. The number of phenols is 1. The minimum absolute atomic E-state index is 0.159. The number of halogens is 1. The zero-order chi connectivity index (χ0) is 16.2. The molecule has 4 nitrogen and oxygen atoms in total. The number of pyridine rings is 1. The van der Waals surface area contributed by atoms with Crippen LogP contribution in [0.5, 0.6) is 5.75 Å². The highest BCUT2D eigenvalue weighted by Crippen LogP contribution is 2.29. The van der Waals surface area contributed by atoms with Crippen LogP contribution in [0, 0.1) is 0 Å². The van der Waals surface area contributed by atoms with Gasteiger partial charge in [0, 0.05) is 17.4 Å². The molecule has 3 aromatic rings. The highest BCUT2D eigenvalue weighted by Gasteiger charge is 2.13. The van der Waals surface area contributed by atoms with Gasteiger partial charge >= 0.3 is 0 Å². The highest BCUT2D eigenvalue weighted by atomic mass is 35.5. The smallest absolute Gasteiger partial charge is 0.258 e. The molecule has 0 unspecified atom stereocenters. The first-order valence-corrected chi connectivity index (χ1v) is 7.33. The predicted molar refractivity (Wildman–Crippen MR) is 90.7 cm³/mol. The van der Waals surface area contributed by atoms with Gasteiger partial charge in [-0.15, -0.1) is 0 Å². The summed E-state index contributed by atoms with van der Waals surface area (Å²) in [5.41, 5.74) is 2.70. The predicted octanol–water partition coefficient (Wildman–Crippen LogP) is 4.36. The Labute approximate surface area is 138 Å². The summed E-state index contributed by atoms with van der Waals surface area (Å²) in [5.74, 6) is -0.133. The zero-order valence-electron chi connectivity index (χ0n) is 12.0. The van der Waals surface area contributed by atoms with Gasteiger partial charge in [-0.2, -0.15) is 0 Å². The van der Waals surface area contributed by atoms with Crippen LogP contribution in [0.1, 0.15) is 10.4 Å². The number of amides is 1. The van der Waals surface area contributed by atoms with Crippen molar-refractivity contribution in [2.45, 2.75) is 0 Å². The standard InChI is InChI=1S/C18H13ClN2O2/c19-17-15(5-3-11-20-17)18(23)21-16-6-2-1-4-14(16)12-7-9-13(22)10-8-12/h1-11,22H,(H,21,23). The maximum absolute atomic E-state index is 12.4. The van der Waals surface area contributed by atoms with E-state index in [1.54, 1.807) is 36.4 Å². The molecule has 0 aliphatic rings. The molecular formula is C18H13ClN2O2. The molecule has 0 saturated carbocycles. The van der Waals surface area contributed by atoms with Crippen LogP contribution in [-0.4, -0.2) is 16.0 Å². The topological polar surface area (TPSA) is 62.2 Å². The molecule has 3 rings (SSSR count). The normalized spacial score (nSPS) is 10.3. The van der Waals surface area contributed by atoms with Gasteiger partial charge in [0.05, 0.1) is 5.56 Å². The molecule has 114 valence electrons. The minimum atomic E-state index is -0.325. The van der Waals surface area contributed by atoms with Crippen LogP contribution in [0.15, 0.2) is 66.9 Å². The lowest BCUT2D eigenvalue weighted by Crippen LogP contribution is -2.13. The molecule has 5 heteroatoms. The first kappa shape index (κ1) is 15.1. The average Bonchev–Trinajstić information content (AvgIpc) is 2.56. The molecular weight excluding hydrogens is 312 g/mol. The number of aromatic nitrogens is 1. The van der Waals surface area contributed by atoms with E-state index in [2.05, 4.69) is 10.3 Å². The molecule has 1 amide bonds. The van der Waals surface area contributed by atoms with Gasteiger partial charge in [-0.05, 0) is 35.9 Å². The van der Waals surface area contributed by atoms with Crippen molar-refractivity contribution in [1.29, 1.82) is 0 Å². The number of phenolic OH excluding ortho intramolecular Hbond substituents is 1. The molecule has 0 bridgehead atoms. The fourth-order valence-electron chi connectivity index (χ4n) is 2.23. The Bertz CT molecular complexity index is 848. The second-order valence-electron chi connectivity index (χ2n) is 4.89. The molecule has 0 saturated heterocycles. The SMILES string of the molecule is O=C(Nc1ccccc1-c1ccc(O)cc1)c1cccnc1Cl. The first-order chi connectivity index (χ1) is 11.1. The Morgan fingerprint density at radius 1 is 1.00 bits per heavy atom. The van der Waals surface area contributed by atoms with Crippen LogP contribution >= 0.6 is 11.6 Å². The third kappa shape index (κ3) is 3.33. The van der Waals surface area contributed by atoms with E-state index in [0.717, 1.165) is 11.1 Å². The number of hydrogen-bond acceptors (Lipinski definition) is 3. The molecule has 0 spiro atoms. The maximum atomic E-state index is 12.4. The van der Waals surface area contributed by atoms with Gasteiger partial charge in [0.2, 0.25) is 0 Å². The van der Waals surface area contributed by atoms with Gasteiger partial charge in [-0.25, -0.2) is 4.98 Å². The fourth-order valence-corrected chi connectivity index (χ4v) is 2.44. The summed E-state index contributed by atoms with van der Waals surface area (Å²) in [6.45, 7) is 0. The van der Waals surface area contributed by atoms with Crippen LogP contribution in [0.2, 0.25) is 5.15 Å². The quantitative estimate of drug-likeness (QED) is 0.704. The lowest BCUT2D eigenvalue weighted by molar-refractivity contribution is 0.102. The van der Waals surface area contributed by atoms with E-state index < -0.39 is 0 Å². The highest BCUT2D eigenvalue weighted by molar-refractivity contribution is 6.33. The number of nitrogens with zero attached hydrogens (tertiary/aromatic N) is 1. The van der Waals surface area contributed by atoms with Crippen LogP contribution in [0.4, 0.5) is 5.69 Å². The summed E-state index contributed by atoms with van der Waals surface area (Å²) in [7, 11) is 0. The fraction of sp³-hybridized carbons (Fsp3) is 0. The average molecular weight is 325 g/mol. The number of nitrogens with one attached hydrogen (secondary N) is 1. The number of para-hydroxylation sites is 1. The minimum Gasteiger partial charge on any atom is -0.508 e. The molecule has 0 aliphatic heterocycles. The van der Waals surface area contributed by atoms with Gasteiger partial charge in [-0.1, -0.05) is 41.9 Å². The van der Waals surface area contributed by atoms with Crippen LogP contribution < -0.4 is 5.32 Å². The van der Waals surface area contributed by atoms with Crippen molar-refractivity contribution in [2.75, 3.05) is 5.32 Å². The van der Waals surface area contributed by atoms with Gasteiger partial charge in [0.1, 0.15) is 10.9 Å². The lowest BCUT2D eigenvalue weighted by atomic mass is 10.0. The van der Waals surface area contributed by atoms with E-state index in [-0.39, 0.29) is 16.8 Å². The molecule has 0 atom stereocenters. The first-order valence-electron chi connectivity index (χ1n) is 6.95. The number of hydrogen-bond donors (Lipinski definition) is 2. The Kier molecular flexibility index (Phi) is 4.26. The number of carbonyl (C=O) groups is 1. The van der Waals surface area contributed by atoms with Gasteiger partial charge in [0.25, 0.3) is 5.91 Å². The van der Waals surface area contributed by atoms with Crippen molar-refractivity contribution in [3.8, 4) is 16.9 Å². The van der Waals surface area contributed by atoms with Crippen LogP contribution in [0.25, 0.3) is 11.1 Å². The lowest BCUT2D eigenvalue weighted by Gasteiger charge is -2.12. The van der Waals surface area contributed by atoms with E-state index in [1.165, 1.54) is 6.20 Å². The molecule has 1 aromatic heterocycles. The Hall–Kier alpha value is -2.85. The Balaban J connectivity index is 1.94. The molecule has 1 heterocycles. The van der Waals surface area contributed by atoms with Crippen LogP contribution in [-0.2, 0) is 0 Å². The van der Waals surface area contributed by atoms with E-state index in [9.17, 15) is 9.90 Å². The van der Waals surface area contributed by atoms with Crippen molar-refractivity contribution in [2.24, 2.45) is 0 Å². The third-order valence-electron chi connectivity index (χ3n) is 3.36. The molecule has 2 N–H and O–H groups in total. The summed E-state index contributed by atoms with van der Waals surface area (Å²) < 4.78 is 0. The number of rotatable bonds is 3. The number of carbonyl (C=O) groups excluding carboxylic acids is 1. The van der Waals surface area contributed by atoms with Crippen molar-refractivity contribution in [3.05, 3.63) is 77.6 Å². The van der Waals surface area contributed by atoms with Crippen molar-refractivity contribution < 1.29 is 9.90 Å². The second-order valence-corrected chi connectivity index (χ2v) is 5.25. The molecule has 0 radical (unpaired) electrons. The second kappa shape index (κ2) is 6.50. The summed E-state index contributed by atoms with van der Waals surface area (Å²) in [5, 5.41) is 12.4. The number of anilines is 1. The Morgan fingerprint density at radius 2 is 1.74 bits per heavy atom. The molecule has 2 aromatic carbocycles. The monoisotopic (exact) mass is 324 g/mol. The van der Waals surface area contributed by atoms with E-state index in [0.29, 0.717) is 11.3 Å². The van der Waals surface area contributed by atoms with Crippen LogP contribution in [0.3, 0.4) is 0 Å². The van der Waals surface area contributed by atoms with Crippen molar-refractivity contribution >= 4 is 23.2 Å². The molecule has 0 aliphatic carbocycles. The van der Waals surface area contributed by atoms with Crippen molar-refractivity contribution in [1.82, 2.24) is 4.98 Å². The van der Waals surface area contributed by atoms with Gasteiger partial charge in [-0.3, -0.25) is 4.79 Å². The summed E-state index contributed by atoms with van der Waals surface area (Å²) in [6.07, 6.45) is 1.53. The summed E-state index contributed by atoms with van der Waals surface area (Å²) >= 11 is 5.96. The largest absolute Gasteiger partial charge is 0.508 e. The summed E-state index contributed by atoms with van der Waals surface area (Å²) in [4.78, 5) is 16.3. The molecule has 0 fully saturated rings.